The van der Waals surface area contributed by atoms with Crippen molar-refractivity contribution in [2.45, 2.75) is 37.4 Å². The van der Waals surface area contributed by atoms with Crippen LogP contribution in [0.15, 0.2) is 48.5 Å². The van der Waals surface area contributed by atoms with Gasteiger partial charge in [0.1, 0.15) is 0 Å². The molecule has 2 aliphatic carbocycles. The molecule has 0 heterocycles. The van der Waals surface area contributed by atoms with Gasteiger partial charge in [-0.05, 0) is 61.1 Å². The number of rotatable bonds is 5. The van der Waals surface area contributed by atoms with Crippen LogP contribution in [0.3, 0.4) is 0 Å². The number of amides is 2. The van der Waals surface area contributed by atoms with Gasteiger partial charge in [0.15, 0.2) is 0 Å². The Kier molecular flexibility index (Phi) is 4.61. The molecule has 4 rings (SSSR count). The van der Waals surface area contributed by atoms with Crippen molar-refractivity contribution in [1.29, 1.82) is 0 Å². The average Bonchev–Trinajstić information content (AvgIpc) is 3.56. The summed E-state index contributed by atoms with van der Waals surface area (Å²) in [6.07, 6.45) is -2.04. The number of carbonyl (C=O) groups is 2. The first-order valence-electron chi connectivity index (χ1n) is 9.21. The van der Waals surface area contributed by atoms with Crippen molar-refractivity contribution in [2.24, 2.45) is 5.92 Å². The van der Waals surface area contributed by atoms with E-state index in [4.69, 9.17) is 0 Å². The quantitative estimate of drug-likeness (QED) is 0.801. The van der Waals surface area contributed by atoms with Crippen LogP contribution < -0.4 is 10.6 Å². The molecule has 2 unspecified atom stereocenters. The maximum Gasteiger partial charge on any atom is 0.416 e. The van der Waals surface area contributed by atoms with Crippen molar-refractivity contribution in [3.63, 3.8) is 0 Å². The third-order valence-corrected chi connectivity index (χ3v) is 5.12. The van der Waals surface area contributed by atoms with E-state index in [1.54, 1.807) is 30.3 Å². The van der Waals surface area contributed by atoms with E-state index in [9.17, 15) is 22.8 Å². The van der Waals surface area contributed by atoms with Crippen molar-refractivity contribution in [3.8, 4) is 0 Å². The number of benzene rings is 2. The summed E-state index contributed by atoms with van der Waals surface area (Å²) in [6.45, 7) is 0. The fourth-order valence-corrected chi connectivity index (χ4v) is 3.34. The monoisotopic (exact) mass is 388 g/mol. The first-order chi connectivity index (χ1) is 13.3. The molecule has 2 aromatic rings. The van der Waals surface area contributed by atoms with E-state index in [1.807, 2.05) is 0 Å². The zero-order chi connectivity index (χ0) is 19.9. The van der Waals surface area contributed by atoms with Crippen LogP contribution in [-0.2, 0) is 11.0 Å². The van der Waals surface area contributed by atoms with Crippen molar-refractivity contribution in [1.82, 2.24) is 5.32 Å². The summed E-state index contributed by atoms with van der Waals surface area (Å²) in [5.74, 6) is -1.37. The summed E-state index contributed by atoms with van der Waals surface area (Å²) in [7, 11) is 0. The van der Waals surface area contributed by atoms with Gasteiger partial charge in [-0.2, -0.15) is 13.2 Å². The molecule has 0 saturated heterocycles. The Morgan fingerprint density at radius 3 is 2.29 bits per heavy atom. The Bertz CT molecular complexity index is 905. The molecule has 0 bridgehead atoms. The number of anilines is 1. The van der Waals surface area contributed by atoms with Crippen LogP contribution in [0, 0.1) is 5.92 Å². The summed E-state index contributed by atoms with van der Waals surface area (Å²) in [4.78, 5) is 24.4. The van der Waals surface area contributed by atoms with Gasteiger partial charge in [0.25, 0.3) is 5.91 Å². The molecular weight excluding hydrogens is 369 g/mol. The first-order valence-corrected chi connectivity index (χ1v) is 9.21. The molecule has 2 N–H and O–H groups in total. The Labute approximate surface area is 160 Å². The third-order valence-electron chi connectivity index (χ3n) is 5.12. The molecule has 2 aromatic carbocycles. The summed E-state index contributed by atoms with van der Waals surface area (Å²) < 4.78 is 39.5. The van der Waals surface area contributed by atoms with Gasteiger partial charge in [-0.15, -0.1) is 0 Å². The first kappa shape index (κ1) is 18.5. The summed E-state index contributed by atoms with van der Waals surface area (Å²) >= 11 is 0. The average molecular weight is 388 g/mol. The molecule has 7 heteroatoms. The molecule has 0 aliphatic heterocycles. The summed E-state index contributed by atoms with van der Waals surface area (Å²) in [6, 6.07) is 12.2. The number of hydrogen-bond acceptors (Lipinski definition) is 2. The SMILES string of the molecule is O=C(NC1CC1)c1ccc(NC(=O)C2CC2c2ccccc2C(F)(F)F)cc1. The molecular formula is C21H19F3N2O2. The molecule has 2 atom stereocenters. The second kappa shape index (κ2) is 6.96. The van der Waals surface area contributed by atoms with Gasteiger partial charge in [0, 0.05) is 23.2 Å². The van der Waals surface area contributed by atoms with Crippen LogP contribution >= 0.6 is 0 Å². The molecule has 2 aliphatic rings. The maximum atomic E-state index is 13.2. The topological polar surface area (TPSA) is 58.2 Å². The maximum absolute atomic E-state index is 13.2. The Hall–Kier alpha value is -2.83. The van der Waals surface area contributed by atoms with E-state index in [-0.39, 0.29) is 23.4 Å². The number of carbonyl (C=O) groups excluding carboxylic acids is 2. The Morgan fingerprint density at radius 2 is 1.64 bits per heavy atom. The van der Waals surface area contributed by atoms with Crippen LogP contribution in [0.5, 0.6) is 0 Å². The second-order valence-corrected chi connectivity index (χ2v) is 7.35. The highest BCUT2D eigenvalue weighted by molar-refractivity contribution is 5.97. The van der Waals surface area contributed by atoms with E-state index in [0.29, 0.717) is 17.7 Å². The number of nitrogens with one attached hydrogen (secondary N) is 2. The molecule has 0 aromatic heterocycles. The van der Waals surface area contributed by atoms with Crippen molar-refractivity contribution >= 4 is 17.5 Å². The molecule has 0 radical (unpaired) electrons. The van der Waals surface area contributed by atoms with Crippen molar-refractivity contribution in [2.75, 3.05) is 5.32 Å². The molecule has 2 amide bonds. The highest BCUT2D eigenvalue weighted by atomic mass is 19.4. The Balaban J connectivity index is 1.38. The lowest BCUT2D eigenvalue weighted by molar-refractivity contribution is -0.138. The van der Waals surface area contributed by atoms with E-state index in [0.717, 1.165) is 18.9 Å². The van der Waals surface area contributed by atoms with Gasteiger partial charge < -0.3 is 10.6 Å². The zero-order valence-corrected chi connectivity index (χ0v) is 14.9. The predicted octanol–water partition coefficient (Wildman–Crippen LogP) is 4.34. The molecule has 2 fully saturated rings. The number of hydrogen-bond donors (Lipinski definition) is 2. The van der Waals surface area contributed by atoms with Crippen molar-refractivity contribution < 1.29 is 22.8 Å². The van der Waals surface area contributed by atoms with E-state index >= 15 is 0 Å². The van der Waals surface area contributed by atoms with Crippen LogP contribution in [0.4, 0.5) is 18.9 Å². The second-order valence-electron chi connectivity index (χ2n) is 7.35. The molecule has 0 spiro atoms. The zero-order valence-electron chi connectivity index (χ0n) is 14.9. The van der Waals surface area contributed by atoms with Gasteiger partial charge in [-0.25, -0.2) is 0 Å². The third kappa shape index (κ3) is 4.03. The molecule has 28 heavy (non-hydrogen) atoms. The minimum Gasteiger partial charge on any atom is -0.349 e. The van der Waals surface area contributed by atoms with Gasteiger partial charge in [0.2, 0.25) is 5.91 Å². The fourth-order valence-electron chi connectivity index (χ4n) is 3.34. The van der Waals surface area contributed by atoms with Crippen molar-refractivity contribution in [3.05, 3.63) is 65.2 Å². The minimum atomic E-state index is -4.43. The van der Waals surface area contributed by atoms with Crippen LogP contribution in [0.1, 0.15) is 46.7 Å². The normalized spacial score (nSPS) is 21.1. The Morgan fingerprint density at radius 1 is 0.964 bits per heavy atom. The minimum absolute atomic E-state index is 0.147. The van der Waals surface area contributed by atoms with Gasteiger partial charge in [-0.3, -0.25) is 9.59 Å². The lowest BCUT2D eigenvalue weighted by Gasteiger charge is -2.12. The van der Waals surface area contributed by atoms with Crippen LogP contribution in [0.25, 0.3) is 0 Å². The highest BCUT2D eigenvalue weighted by Crippen LogP contribution is 2.51. The lowest BCUT2D eigenvalue weighted by Crippen LogP contribution is -2.25. The lowest BCUT2D eigenvalue weighted by atomic mass is 10.0. The van der Waals surface area contributed by atoms with Gasteiger partial charge in [-0.1, -0.05) is 18.2 Å². The number of alkyl halides is 3. The molecule has 146 valence electrons. The van der Waals surface area contributed by atoms with E-state index in [2.05, 4.69) is 10.6 Å². The molecule has 2 saturated carbocycles. The van der Waals surface area contributed by atoms with E-state index in [1.165, 1.54) is 12.1 Å². The molecule has 4 nitrogen and oxygen atoms in total. The fraction of sp³-hybridized carbons (Fsp3) is 0.333. The standard InChI is InChI=1S/C21H19F3N2O2/c22-21(23,24)18-4-2-1-3-15(18)16-11-17(16)20(28)26-13-7-5-12(6-8-13)19(27)25-14-9-10-14/h1-8,14,16-17H,9-11H2,(H,25,27)(H,26,28). The predicted molar refractivity (Wildman–Crippen MR) is 97.9 cm³/mol. The summed E-state index contributed by atoms with van der Waals surface area (Å²) in [5, 5.41) is 5.61. The smallest absolute Gasteiger partial charge is 0.349 e. The highest BCUT2D eigenvalue weighted by Gasteiger charge is 2.47. The number of halogens is 3. The van der Waals surface area contributed by atoms with Gasteiger partial charge in [0.05, 0.1) is 5.56 Å². The van der Waals surface area contributed by atoms with Crippen LogP contribution in [-0.4, -0.2) is 17.9 Å². The van der Waals surface area contributed by atoms with Crippen LogP contribution in [0.2, 0.25) is 0 Å². The van der Waals surface area contributed by atoms with Gasteiger partial charge >= 0.3 is 6.18 Å². The largest absolute Gasteiger partial charge is 0.416 e. The van der Waals surface area contributed by atoms with E-state index < -0.39 is 23.6 Å². The summed E-state index contributed by atoms with van der Waals surface area (Å²) in [5.41, 5.74) is 0.514.